The van der Waals surface area contributed by atoms with E-state index in [1.165, 1.54) is 27.7 Å². The third-order valence-electron chi connectivity index (χ3n) is 0.813. The summed E-state index contributed by atoms with van der Waals surface area (Å²) in [5, 5.41) is 20.0. The van der Waals surface area contributed by atoms with Crippen LogP contribution in [0.1, 0.15) is 27.7 Å². The minimum absolute atomic E-state index is 0. The van der Waals surface area contributed by atoms with Crippen molar-refractivity contribution < 1.29 is 47.5 Å². The molecule has 0 atom stereocenters. The molecular weight excluding hydrogens is 275 g/mol. The van der Waals surface area contributed by atoms with Gasteiger partial charge in [0.05, 0.1) is 0 Å². The van der Waals surface area contributed by atoms with Crippen molar-refractivity contribution in [3.05, 3.63) is 23.7 Å². The number of ketones is 2. The van der Waals surface area contributed by atoms with Crippen molar-refractivity contribution in [3.63, 3.8) is 0 Å². The van der Waals surface area contributed by atoms with Gasteiger partial charge >= 0.3 is 16.8 Å². The summed E-state index contributed by atoms with van der Waals surface area (Å²) in [5.74, 6) is -0.750. The van der Waals surface area contributed by atoms with Crippen molar-refractivity contribution in [1.82, 2.24) is 0 Å². The van der Waals surface area contributed by atoms with E-state index >= 15 is 0 Å². The van der Waals surface area contributed by atoms with Gasteiger partial charge in [-0.25, -0.2) is 0 Å². The van der Waals surface area contributed by atoms with Crippen molar-refractivity contribution in [3.8, 4) is 0 Å². The van der Waals surface area contributed by atoms with E-state index in [2.05, 4.69) is 0 Å². The van der Waals surface area contributed by atoms with Gasteiger partial charge in [0.15, 0.2) is 11.6 Å². The number of rotatable bonds is 2. The molecule has 0 aromatic rings. The summed E-state index contributed by atoms with van der Waals surface area (Å²) in [7, 11) is 0. The fourth-order valence-electron chi connectivity index (χ4n) is 0.572. The summed E-state index contributed by atoms with van der Waals surface area (Å²) in [6.45, 7) is 5.39. The molecule has 0 bridgehead atoms. The molecule has 7 heteroatoms. The molecule has 0 fully saturated rings. The van der Waals surface area contributed by atoms with Gasteiger partial charge in [-0.05, 0) is 26.0 Å². The van der Waals surface area contributed by atoms with Crippen molar-refractivity contribution in [1.29, 1.82) is 0 Å². The standard InChI is InChI=1S/2C5H8O2.Co.2H2O/c2*1-4(6)3-5(2)7;;;/h2*3,6H,1-2H3;;2*1H2/q;;+2;;/p-2. The maximum absolute atomic E-state index is 9.98. The Hall–Kier alpha value is -1.15. The minimum atomic E-state index is -0.187. The SMILES string of the molecule is CC(=O)C=C(C)[O-].CC(=O)C=C(C)[O-].O.O.[Co+2]. The smallest absolute Gasteiger partial charge is 0.876 e. The molecule has 0 saturated heterocycles. The number of carbonyl (C=O) groups excluding carboxylic acids is 2. The third-order valence-corrected chi connectivity index (χ3v) is 0.813. The molecule has 0 aliphatic carbocycles. The Labute approximate surface area is 111 Å². The molecule has 103 valence electrons. The van der Waals surface area contributed by atoms with Crippen molar-refractivity contribution in [2.45, 2.75) is 27.7 Å². The first-order valence-electron chi connectivity index (χ1n) is 3.97. The molecule has 0 spiro atoms. The maximum atomic E-state index is 9.98. The molecule has 0 aliphatic heterocycles. The number of allylic oxidation sites excluding steroid dienone is 4. The van der Waals surface area contributed by atoms with Gasteiger partial charge in [-0.2, -0.15) is 0 Å². The van der Waals surface area contributed by atoms with Crippen LogP contribution in [0.4, 0.5) is 0 Å². The Morgan fingerprint density at radius 1 is 0.765 bits per heavy atom. The molecule has 0 unspecified atom stereocenters. The zero-order valence-corrected chi connectivity index (χ0v) is 11.2. The predicted octanol–water partition coefficient (Wildman–Crippen LogP) is -1.97. The zero-order valence-electron chi connectivity index (χ0n) is 10.1. The molecule has 0 amide bonds. The minimum Gasteiger partial charge on any atom is -0.876 e. The Balaban J connectivity index is -0.0000000480. The summed E-state index contributed by atoms with van der Waals surface area (Å²) in [5.41, 5.74) is 0. The van der Waals surface area contributed by atoms with Crippen molar-refractivity contribution in [2.75, 3.05) is 0 Å². The van der Waals surface area contributed by atoms with E-state index in [-0.39, 0.29) is 50.8 Å². The van der Waals surface area contributed by atoms with Crippen LogP contribution >= 0.6 is 0 Å². The van der Waals surface area contributed by atoms with Gasteiger partial charge in [-0.3, -0.25) is 9.59 Å². The second-order valence-corrected chi connectivity index (χ2v) is 2.73. The van der Waals surface area contributed by atoms with E-state index in [9.17, 15) is 19.8 Å². The quantitative estimate of drug-likeness (QED) is 0.429. The van der Waals surface area contributed by atoms with Crippen LogP contribution in [0.5, 0.6) is 0 Å². The zero-order chi connectivity index (χ0) is 11.7. The largest absolute Gasteiger partial charge is 2.00 e. The topological polar surface area (TPSA) is 143 Å². The van der Waals surface area contributed by atoms with Crippen molar-refractivity contribution >= 4 is 11.6 Å². The normalized spacial score (nSPS) is 9.41. The molecule has 17 heavy (non-hydrogen) atoms. The first-order chi connectivity index (χ1) is 6.25. The molecule has 0 aromatic carbocycles. The first kappa shape index (κ1) is 29.7. The molecular formula is C10H18CoO6. The van der Waals surface area contributed by atoms with E-state index in [4.69, 9.17) is 0 Å². The van der Waals surface area contributed by atoms with Crippen LogP contribution in [0.25, 0.3) is 0 Å². The van der Waals surface area contributed by atoms with Crippen LogP contribution in [-0.2, 0) is 26.4 Å². The molecule has 0 saturated carbocycles. The molecule has 1 radical (unpaired) electrons. The Morgan fingerprint density at radius 3 is 0.941 bits per heavy atom. The number of carbonyl (C=O) groups is 2. The van der Waals surface area contributed by atoms with Gasteiger partial charge in [-0.1, -0.05) is 13.8 Å². The molecule has 0 heterocycles. The summed E-state index contributed by atoms with van der Waals surface area (Å²) in [4.78, 5) is 20.0. The van der Waals surface area contributed by atoms with E-state index < -0.39 is 0 Å². The van der Waals surface area contributed by atoms with E-state index in [1.807, 2.05) is 0 Å². The Bertz CT molecular complexity index is 234. The second kappa shape index (κ2) is 17.2. The van der Waals surface area contributed by atoms with Gasteiger partial charge in [-0.15, -0.1) is 11.5 Å². The Morgan fingerprint density at radius 2 is 0.941 bits per heavy atom. The van der Waals surface area contributed by atoms with Crippen LogP contribution in [0.3, 0.4) is 0 Å². The van der Waals surface area contributed by atoms with Crippen LogP contribution in [0.2, 0.25) is 0 Å². The van der Waals surface area contributed by atoms with Crippen LogP contribution in [0, 0.1) is 0 Å². The fourth-order valence-corrected chi connectivity index (χ4v) is 0.572. The molecule has 0 aromatic heterocycles. The van der Waals surface area contributed by atoms with Gasteiger partial charge in [0.25, 0.3) is 0 Å². The predicted molar refractivity (Wildman–Crippen MR) is 56.1 cm³/mol. The Kier molecular flexibility index (Phi) is 30.1. The van der Waals surface area contributed by atoms with Gasteiger partial charge in [0, 0.05) is 0 Å². The number of hydrogen-bond acceptors (Lipinski definition) is 4. The van der Waals surface area contributed by atoms with Crippen LogP contribution < -0.4 is 10.2 Å². The van der Waals surface area contributed by atoms with E-state index in [1.54, 1.807) is 0 Å². The third kappa shape index (κ3) is 52.3. The molecule has 6 nitrogen and oxygen atoms in total. The summed E-state index contributed by atoms with van der Waals surface area (Å²) < 4.78 is 0. The van der Waals surface area contributed by atoms with Crippen LogP contribution in [-0.4, -0.2) is 22.5 Å². The first-order valence-corrected chi connectivity index (χ1v) is 3.97. The monoisotopic (exact) mass is 293 g/mol. The van der Waals surface area contributed by atoms with Crippen molar-refractivity contribution in [2.24, 2.45) is 0 Å². The molecule has 4 N–H and O–H groups in total. The van der Waals surface area contributed by atoms with Gasteiger partial charge in [0.1, 0.15) is 0 Å². The molecule has 0 rings (SSSR count). The van der Waals surface area contributed by atoms with Gasteiger partial charge < -0.3 is 21.2 Å². The second-order valence-electron chi connectivity index (χ2n) is 2.73. The van der Waals surface area contributed by atoms with E-state index in [0.717, 1.165) is 12.2 Å². The fraction of sp³-hybridized carbons (Fsp3) is 0.400. The van der Waals surface area contributed by atoms with Crippen LogP contribution in [0.15, 0.2) is 23.7 Å². The van der Waals surface area contributed by atoms with E-state index in [0.29, 0.717) is 0 Å². The molecule has 0 aliphatic rings. The summed E-state index contributed by atoms with van der Waals surface area (Å²) in [6, 6.07) is 0. The average molecular weight is 293 g/mol. The summed E-state index contributed by atoms with van der Waals surface area (Å²) in [6.07, 6.45) is 2.11. The van der Waals surface area contributed by atoms with Gasteiger partial charge in [0.2, 0.25) is 0 Å². The maximum Gasteiger partial charge on any atom is 2.00 e. The summed E-state index contributed by atoms with van der Waals surface area (Å²) >= 11 is 0. The number of hydrogen-bond donors (Lipinski definition) is 0. The average Bonchev–Trinajstić information content (AvgIpc) is 1.79.